The summed E-state index contributed by atoms with van der Waals surface area (Å²) in [6.45, 7) is -0.301. The molecule has 0 aromatic heterocycles. The van der Waals surface area contributed by atoms with E-state index in [9.17, 15) is 26.4 Å². The lowest BCUT2D eigenvalue weighted by Gasteiger charge is -2.18. The number of amides is 1. The standard InChI is InChI=1S/C12H8ClF3N2O3S/c13-22(20,21)9-4-11(19)18(6-9)10-2-1-8(12(14,15)16)3-7(10)5-17/h1-3,9H,4,6H2. The van der Waals surface area contributed by atoms with Gasteiger partial charge in [-0.15, -0.1) is 0 Å². The topological polar surface area (TPSA) is 78.2 Å². The minimum Gasteiger partial charge on any atom is -0.310 e. The molecule has 1 aromatic carbocycles. The fourth-order valence-corrected chi connectivity index (χ4v) is 3.16. The van der Waals surface area contributed by atoms with E-state index in [2.05, 4.69) is 0 Å². The highest BCUT2D eigenvalue weighted by Gasteiger charge is 2.39. The van der Waals surface area contributed by atoms with Gasteiger partial charge in [0.15, 0.2) is 0 Å². The van der Waals surface area contributed by atoms with E-state index in [1.165, 1.54) is 0 Å². The number of benzene rings is 1. The van der Waals surface area contributed by atoms with E-state index < -0.39 is 31.9 Å². The lowest BCUT2D eigenvalue weighted by molar-refractivity contribution is -0.137. The smallest absolute Gasteiger partial charge is 0.310 e. The minimum absolute atomic E-state index is 0.0664. The molecule has 0 bridgehead atoms. The molecule has 22 heavy (non-hydrogen) atoms. The highest BCUT2D eigenvalue weighted by atomic mass is 35.7. The van der Waals surface area contributed by atoms with Gasteiger partial charge in [0.1, 0.15) is 11.3 Å². The summed E-state index contributed by atoms with van der Waals surface area (Å²) in [6, 6.07) is 3.90. The van der Waals surface area contributed by atoms with Crippen LogP contribution in [-0.2, 0) is 20.0 Å². The molecular weight excluding hydrogens is 345 g/mol. The number of anilines is 1. The Morgan fingerprint density at radius 2 is 2.00 bits per heavy atom. The van der Waals surface area contributed by atoms with Crippen molar-refractivity contribution in [2.24, 2.45) is 0 Å². The Morgan fingerprint density at radius 1 is 1.36 bits per heavy atom. The molecule has 0 saturated carbocycles. The number of hydrogen-bond donors (Lipinski definition) is 0. The Morgan fingerprint density at radius 3 is 2.45 bits per heavy atom. The molecule has 0 spiro atoms. The van der Waals surface area contributed by atoms with Gasteiger partial charge >= 0.3 is 6.18 Å². The van der Waals surface area contributed by atoms with E-state index in [0.717, 1.165) is 17.0 Å². The molecule has 10 heteroatoms. The summed E-state index contributed by atoms with van der Waals surface area (Å²) in [7, 11) is 1.22. The number of halogens is 4. The first-order chi connectivity index (χ1) is 10.0. The van der Waals surface area contributed by atoms with Crippen LogP contribution in [0.25, 0.3) is 0 Å². The number of carbonyl (C=O) groups is 1. The molecule has 1 atom stereocenters. The third-order valence-electron chi connectivity index (χ3n) is 3.22. The van der Waals surface area contributed by atoms with Crippen LogP contribution in [0.3, 0.4) is 0 Å². The maximum atomic E-state index is 12.6. The molecular formula is C12H8ClF3N2O3S. The third kappa shape index (κ3) is 3.18. The summed E-state index contributed by atoms with van der Waals surface area (Å²) < 4.78 is 60.4. The van der Waals surface area contributed by atoms with Crippen LogP contribution in [0.15, 0.2) is 18.2 Å². The predicted molar refractivity (Wildman–Crippen MR) is 71.7 cm³/mol. The highest BCUT2D eigenvalue weighted by molar-refractivity contribution is 8.14. The molecule has 1 heterocycles. The number of alkyl halides is 3. The molecule has 1 aliphatic heterocycles. The van der Waals surface area contributed by atoms with Crippen molar-refractivity contribution in [3.8, 4) is 6.07 Å². The Hall–Kier alpha value is -1.79. The van der Waals surface area contributed by atoms with E-state index in [4.69, 9.17) is 15.9 Å². The van der Waals surface area contributed by atoms with Crippen LogP contribution < -0.4 is 4.90 Å². The summed E-state index contributed by atoms with van der Waals surface area (Å²) in [4.78, 5) is 12.8. The maximum Gasteiger partial charge on any atom is 0.416 e. The van der Waals surface area contributed by atoms with Gasteiger partial charge in [-0.05, 0) is 18.2 Å². The van der Waals surface area contributed by atoms with Gasteiger partial charge in [-0.1, -0.05) is 0 Å². The van der Waals surface area contributed by atoms with Crippen LogP contribution in [-0.4, -0.2) is 26.1 Å². The van der Waals surface area contributed by atoms with Crippen molar-refractivity contribution in [1.29, 1.82) is 5.26 Å². The summed E-state index contributed by atoms with van der Waals surface area (Å²) in [5.74, 6) is -0.620. The quantitative estimate of drug-likeness (QED) is 0.765. The van der Waals surface area contributed by atoms with Crippen LogP contribution >= 0.6 is 10.7 Å². The molecule has 1 aliphatic rings. The lowest BCUT2D eigenvalue weighted by Crippen LogP contribution is -2.27. The molecule has 1 amide bonds. The molecule has 2 rings (SSSR count). The molecule has 0 aliphatic carbocycles. The van der Waals surface area contributed by atoms with Gasteiger partial charge < -0.3 is 4.90 Å². The molecule has 0 radical (unpaired) electrons. The number of carbonyl (C=O) groups excluding carboxylic acids is 1. The van der Waals surface area contributed by atoms with Crippen molar-refractivity contribution >= 4 is 31.3 Å². The fraction of sp³-hybridized carbons (Fsp3) is 0.333. The van der Waals surface area contributed by atoms with Gasteiger partial charge in [-0.3, -0.25) is 4.79 Å². The minimum atomic E-state index is -4.62. The van der Waals surface area contributed by atoms with Gasteiger partial charge in [0.05, 0.1) is 16.8 Å². The van der Waals surface area contributed by atoms with Gasteiger partial charge in [0.2, 0.25) is 15.0 Å². The molecule has 0 N–H and O–H groups in total. The van der Waals surface area contributed by atoms with E-state index in [1.807, 2.05) is 0 Å². The largest absolute Gasteiger partial charge is 0.416 e. The number of nitrogens with zero attached hydrogens (tertiary/aromatic N) is 2. The first-order valence-corrected chi connectivity index (χ1v) is 8.26. The average Bonchev–Trinajstić information content (AvgIpc) is 2.79. The summed E-state index contributed by atoms with van der Waals surface area (Å²) in [5.41, 5.74) is -1.46. The van der Waals surface area contributed by atoms with Crippen LogP contribution in [0.1, 0.15) is 17.5 Å². The van der Waals surface area contributed by atoms with Crippen molar-refractivity contribution in [1.82, 2.24) is 0 Å². The van der Waals surface area contributed by atoms with Gasteiger partial charge in [0.25, 0.3) is 0 Å². The zero-order valence-electron chi connectivity index (χ0n) is 10.8. The van der Waals surface area contributed by atoms with E-state index in [0.29, 0.717) is 6.07 Å². The second-order valence-corrected chi connectivity index (χ2v) is 7.56. The van der Waals surface area contributed by atoms with E-state index in [-0.39, 0.29) is 24.2 Å². The molecule has 5 nitrogen and oxygen atoms in total. The second kappa shape index (κ2) is 5.44. The SMILES string of the molecule is N#Cc1cc(C(F)(F)F)ccc1N1CC(S(=O)(=O)Cl)CC1=O. The monoisotopic (exact) mass is 352 g/mol. The first kappa shape index (κ1) is 16.6. The molecule has 1 unspecified atom stereocenters. The van der Waals surface area contributed by atoms with Crippen LogP contribution in [0, 0.1) is 11.3 Å². The fourth-order valence-electron chi connectivity index (χ4n) is 2.13. The van der Waals surface area contributed by atoms with Crippen LogP contribution in [0.4, 0.5) is 18.9 Å². The van der Waals surface area contributed by atoms with E-state index in [1.54, 1.807) is 6.07 Å². The Bertz CT molecular complexity index is 771. The molecule has 1 aromatic rings. The van der Waals surface area contributed by atoms with Gasteiger partial charge in [-0.2, -0.15) is 18.4 Å². The normalized spacial score (nSPS) is 19.3. The average molecular weight is 353 g/mol. The Kier molecular flexibility index (Phi) is 4.10. The van der Waals surface area contributed by atoms with Crippen molar-refractivity contribution in [2.45, 2.75) is 17.8 Å². The third-order valence-corrected chi connectivity index (χ3v) is 5.09. The van der Waals surface area contributed by atoms with Gasteiger partial charge in [0, 0.05) is 23.6 Å². The molecule has 1 saturated heterocycles. The Labute approximate surface area is 128 Å². The van der Waals surface area contributed by atoms with E-state index >= 15 is 0 Å². The second-order valence-electron chi connectivity index (χ2n) is 4.65. The number of hydrogen-bond acceptors (Lipinski definition) is 4. The Balaban J connectivity index is 2.42. The molecule has 1 fully saturated rings. The lowest BCUT2D eigenvalue weighted by atomic mass is 10.1. The van der Waals surface area contributed by atoms with Crippen LogP contribution in [0.5, 0.6) is 0 Å². The maximum absolute atomic E-state index is 12.6. The summed E-state index contributed by atoms with van der Waals surface area (Å²) in [6.07, 6.45) is -5.00. The number of rotatable bonds is 2. The summed E-state index contributed by atoms with van der Waals surface area (Å²) >= 11 is 0. The highest BCUT2D eigenvalue weighted by Crippen LogP contribution is 2.34. The molecule has 118 valence electrons. The zero-order valence-corrected chi connectivity index (χ0v) is 12.3. The van der Waals surface area contributed by atoms with Crippen molar-refractivity contribution in [2.75, 3.05) is 11.4 Å². The van der Waals surface area contributed by atoms with Crippen molar-refractivity contribution in [3.05, 3.63) is 29.3 Å². The first-order valence-electron chi connectivity index (χ1n) is 5.89. The van der Waals surface area contributed by atoms with Crippen molar-refractivity contribution in [3.63, 3.8) is 0 Å². The number of nitriles is 1. The summed E-state index contributed by atoms with van der Waals surface area (Å²) in [5, 5.41) is 7.82. The zero-order chi connectivity index (χ0) is 16.7. The van der Waals surface area contributed by atoms with Gasteiger partial charge in [-0.25, -0.2) is 8.42 Å². The van der Waals surface area contributed by atoms with Crippen molar-refractivity contribution < 1.29 is 26.4 Å². The predicted octanol–water partition coefficient (Wildman–Crippen LogP) is 2.25. The van der Waals surface area contributed by atoms with Crippen LogP contribution in [0.2, 0.25) is 0 Å².